The first kappa shape index (κ1) is 20.1. The highest BCUT2D eigenvalue weighted by Gasteiger charge is 2.34. The molecule has 0 saturated heterocycles. The number of H-pyrrole nitrogens is 1. The summed E-state index contributed by atoms with van der Waals surface area (Å²) in [4.78, 5) is 15.3. The second kappa shape index (κ2) is 8.92. The van der Waals surface area contributed by atoms with Crippen molar-refractivity contribution in [2.75, 3.05) is 6.61 Å². The lowest BCUT2D eigenvalue weighted by Crippen LogP contribution is -2.09. The van der Waals surface area contributed by atoms with Crippen LogP contribution in [-0.2, 0) is 17.3 Å². The lowest BCUT2D eigenvalue weighted by Gasteiger charge is -2.13. The fourth-order valence-corrected chi connectivity index (χ4v) is 2.92. The molecule has 1 aromatic carbocycles. The number of alkyl halides is 3. The number of unbranched alkanes of at least 4 members (excludes halogenated alkanes) is 3. The third-order valence-electron chi connectivity index (χ3n) is 4.17. The molecule has 6 heteroatoms. The normalized spacial score (nSPS) is 11.6. The van der Waals surface area contributed by atoms with Crippen LogP contribution in [0.15, 0.2) is 30.3 Å². The average Bonchev–Trinajstić information content (AvgIpc) is 3.02. The number of hydrogen-bond acceptors (Lipinski definition) is 2. The van der Waals surface area contributed by atoms with Crippen LogP contribution in [0, 0.1) is 0 Å². The number of aromatic amines is 1. The Hall–Kier alpha value is -2.24. The van der Waals surface area contributed by atoms with Crippen molar-refractivity contribution in [3.05, 3.63) is 47.2 Å². The summed E-state index contributed by atoms with van der Waals surface area (Å²) in [5.74, 6) is -0.615. The number of ether oxygens (including phenoxy) is 1. The molecule has 3 nitrogen and oxygen atoms in total. The van der Waals surface area contributed by atoms with E-state index in [0.29, 0.717) is 6.42 Å². The van der Waals surface area contributed by atoms with E-state index in [4.69, 9.17) is 4.74 Å². The van der Waals surface area contributed by atoms with Gasteiger partial charge in [-0.3, -0.25) is 0 Å². The van der Waals surface area contributed by atoms with Crippen LogP contribution < -0.4 is 0 Å². The molecule has 0 spiro atoms. The van der Waals surface area contributed by atoms with E-state index in [1.165, 1.54) is 18.2 Å². The zero-order valence-electron chi connectivity index (χ0n) is 15.1. The van der Waals surface area contributed by atoms with Crippen molar-refractivity contribution in [3.8, 4) is 11.3 Å². The SMILES string of the molecule is CCCCCCc1cc(C(=O)OCC)c(-c2ccccc2C(F)(F)F)[nH]1. The number of carbonyl (C=O) groups excluding carboxylic acids is 1. The maximum absolute atomic E-state index is 13.4. The predicted molar refractivity (Wildman–Crippen MR) is 95.0 cm³/mol. The number of rotatable bonds is 8. The van der Waals surface area contributed by atoms with E-state index in [1.807, 2.05) is 0 Å². The summed E-state index contributed by atoms with van der Waals surface area (Å²) in [6.45, 7) is 3.94. The Morgan fingerprint density at radius 3 is 2.50 bits per heavy atom. The second-order valence-corrected chi connectivity index (χ2v) is 6.16. The number of carbonyl (C=O) groups is 1. The molecule has 0 saturated carbocycles. The minimum atomic E-state index is -4.51. The van der Waals surface area contributed by atoms with Gasteiger partial charge < -0.3 is 9.72 Å². The van der Waals surface area contributed by atoms with Crippen LogP contribution in [0.25, 0.3) is 11.3 Å². The van der Waals surface area contributed by atoms with E-state index in [0.717, 1.165) is 37.4 Å². The van der Waals surface area contributed by atoms with Gasteiger partial charge in [-0.05, 0) is 31.9 Å². The van der Waals surface area contributed by atoms with Gasteiger partial charge >= 0.3 is 12.1 Å². The molecule has 1 aromatic heterocycles. The molecule has 142 valence electrons. The van der Waals surface area contributed by atoms with Gasteiger partial charge in [0.25, 0.3) is 0 Å². The number of hydrogen-bond donors (Lipinski definition) is 1. The molecule has 1 N–H and O–H groups in total. The highest BCUT2D eigenvalue weighted by atomic mass is 19.4. The minimum Gasteiger partial charge on any atom is -0.462 e. The lowest BCUT2D eigenvalue weighted by molar-refractivity contribution is -0.137. The van der Waals surface area contributed by atoms with E-state index in [1.54, 1.807) is 13.0 Å². The van der Waals surface area contributed by atoms with E-state index in [2.05, 4.69) is 11.9 Å². The quantitative estimate of drug-likeness (QED) is 0.459. The Morgan fingerprint density at radius 1 is 1.12 bits per heavy atom. The van der Waals surface area contributed by atoms with Crippen molar-refractivity contribution in [1.29, 1.82) is 0 Å². The topological polar surface area (TPSA) is 42.1 Å². The number of aryl methyl sites for hydroxylation is 1. The van der Waals surface area contributed by atoms with Gasteiger partial charge in [-0.2, -0.15) is 13.2 Å². The molecule has 0 aliphatic rings. The number of benzene rings is 1. The van der Waals surface area contributed by atoms with Crippen LogP contribution in [0.1, 0.15) is 61.1 Å². The van der Waals surface area contributed by atoms with E-state index >= 15 is 0 Å². The molecular formula is C20H24F3NO2. The summed E-state index contributed by atoms with van der Waals surface area (Å²) in [6, 6.07) is 6.88. The van der Waals surface area contributed by atoms with Crippen LogP contribution in [0.5, 0.6) is 0 Å². The molecule has 0 aliphatic heterocycles. The van der Waals surface area contributed by atoms with E-state index in [9.17, 15) is 18.0 Å². The zero-order valence-corrected chi connectivity index (χ0v) is 15.1. The predicted octanol–water partition coefficient (Wildman–Crippen LogP) is 6.00. The van der Waals surface area contributed by atoms with Gasteiger partial charge in [0.05, 0.1) is 23.4 Å². The highest BCUT2D eigenvalue weighted by molar-refractivity contribution is 5.97. The monoisotopic (exact) mass is 367 g/mol. The van der Waals surface area contributed by atoms with Gasteiger partial charge in [0.15, 0.2) is 0 Å². The van der Waals surface area contributed by atoms with Crippen LogP contribution >= 0.6 is 0 Å². The van der Waals surface area contributed by atoms with Gasteiger partial charge in [-0.15, -0.1) is 0 Å². The van der Waals surface area contributed by atoms with Crippen molar-refractivity contribution in [2.24, 2.45) is 0 Å². The number of esters is 1. The first-order valence-electron chi connectivity index (χ1n) is 8.94. The summed E-state index contributed by atoms with van der Waals surface area (Å²) in [7, 11) is 0. The Balaban J connectivity index is 2.43. The third-order valence-corrected chi connectivity index (χ3v) is 4.17. The fourth-order valence-electron chi connectivity index (χ4n) is 2.92. The van der Waals surface area contributed by atoms with Crippen molar-refractivity contribution in [1.82, 2.24) is 4.98 Å². The summed E-state index contributed by atoms with van der Waals surface area (Å²) in [5, 5.41) is 0. The Bertz CT molecular complexity index is 735. The number of nitrogens with one attached hydrogen (secondary N) is 1. The molecule has 26 heavy (non-hydrogen) atoms. The standard InChI is InChI=1S/C20H24F3NO2/c1-3-5-6-7-10-14-13-16(19(25)26-4-2)18(24-14)15-11-8-9-12-17(15)20(21,22)23/h8-9,11-13,24H,3-7,10H2,1-2H3. The molecule has 1 heterocycles. The maximum atomic E-state index is 13.4. The first-order chi connectivity index (χ1) is 12.4. The number of halogens is 3. The van der Waals surface area contributed by atoms with E-state index in [-0.39, 0.29) is 23.4 Å². The van der Waals surface area contributed by atoms with Crippen LogP contribution in [0.3, 0.4) is 0 Å². The average molecular weight is 367 g/mol. The second-order valence-electron chi connectivity index (χ2n) is 6.16. The largest absolute Gasteiger partial charge is 0.462 e. The Kier molecular flexibility index (Phi) is 6.89. The molecule has 2 aromatic rings. The summed E-state index contributed by atoms with van der Waals surface area (Å²) < 4.78 is 45.2. The van der Waals surface area contributed by atoms with Crippen LogP contribution in [0.2, 0.25) is 0 Å². The first-order valence-corrected chi connectivity index (χ1v) is 8.94. The number of aromatic nitrogens is 1. The fraction of sp³-hybridized carbons (Fsp3) is 0.450. The van der Waals surface area contributed by atoms with Crippen molar-refractivity contribution < 1.29 is 22.7 Å². The molecule has 0 fully saturated rings. The Morgan fingerprint density at radius 2 is 1.85 bits per heavy atom. The van der Waals surface area contributed by atoms with Crippen molar-refractivity contribution in [3.63, 3.8) is 0 Å². The van der Waals surface area contributed by atoms with Crippen LogP contribution in [0.4, 0.5) is 13.2 Å². The summed E-state index contributed by atoms with van der Waals surface area (Å²) in [5.41, 5.74) is 0.250. The van der Waals surface area contributed by atoms with Gasteiger partial charge in [-0.25, -0.2) is 4.79 Å². The minimum absolute atomic E-state index is 0.0390. The third kappa shape index (κ3) is 4.90. The molecule has 0 radical (unpaired) electrons. The summed E-state index contributed by atoms with van der Waals surface area (Å²) in [6.07, 6.45) is 0.337. The van der Waals surface area contributed by atoms with Gasteiger partial charge in [0, 0.05) is 11.3 Å². The maximum Gasteiger partial charge on any atom is 0.417 e. The van der Waals surface area contributed by atoms with Crippen molar-refractivity contribution in [2.45, 2.75) is 52.1 Å². The Labute approximate surface area is 151 Å². The smallest absolute Gasteiger partial charge is 0.417 e. The van der Waals surface area contributed by atoms with Gasteiger partial charge in [-0.1, -0.05) is 44.4 Å². The molecule has 2 rings (SSSR count). The summed E-state index contributed by atoms with van der Waals surface area (Å²) >= 11 is 0. The van der Waals surface area contributed by atoms with Crippen LogP contribution in [-0.4, -0.2) is 17.6 Å². The van der Waals surface area contributed by atoms with Gasteiger partial charge in [0.2, 0.25) is 0 Å². The molecule has 0 amide bonds. The lowest BCUT2D eigenvalue weighted by atomic mass is 10.0. The molecular weight excluding hydrogens is 343 g/mol. The molecule has 0 unspecified atom stereocenters. The highest BCUT2D eigenvalue weighted by Crippen LogP contribution is 2.38. The van der Waals surface area contributed by atoms with Crippen molar-refractivity contribution >= 4 is 5.97 Å². The molecule has 0 aliphatic carbocycles. The van der Waals surface area contributed by atoms with Gasteiger partial charge in [0.1, 0.15) is 0 Å². The molecule has 0 bridgehead atoms. The molecule has 0 atom stereocenters. The van der Waals surface area contributed by atoms with E-state index < -0.39 is 17.7 Å². The zero-order chi connectivity index (χ0) is 19.2.